The van der Waals surface area contributed by atoms with Gasteiger partial charge in [-0.1, -0.05) is 6.92 Å². The Morgan fingerprint density at radius 3 is 2.88 bits per heavy atom. The van der Waals surface area contributed by atoms with Crippen LogP contribution in [0.2, 0.25) is 0 Å². The molecule has 0 aliphatic heterocycles. The van der Waals surface area contributed by atoms with Gasteiger partial charge in [0.05, 0.1) is 22.1 Å². The monoisotopic (exact) mass is 298 g/mol. The molecule has 1 unspecified atom stereocenters. The zero-order valence-corrected chi connectivity index (χ0v) is 11.4. The van der Waals surface area contributed by atoms with Gasteiger partial charge < -0.3 is 4.42 Å². The van der Waals surface area contributed by atoms with Gasteiger partial charge in [-0.15, -0.1) is 0 Å². The van der Waals surface area contributed by atoms with Gasteiger partial charge in [-0.2, -0.15) is 5.10 Å². The van der Waals surface area contributed by atoms with Crippen LogP contribution in [0.3, 0.4) is 0 Å². The minimum atomic E-state index is -0.211. The lowest BCUT2D eigenvalue weighted by Crippen LogP contribution is -2.30. The van der Waals surface area contributed by atoms with E-state index in [1.807, 2.05) is 23.9 Å². The normalized spacial score (nSPS) is 12.9. The molecule has 17 heavy (non-hydrogen) atoms. The van der Waals surface area contributed by atoms with Crippen LogP contribution in [0.15, 0.2) is 27.3 Å². The van der Waals surface area contributed by atoms with Gasteiger partial charge in [0.25, 0.3) is 0 Å². The highest BCUT2D eigenvalue weighted by atomic mass is 79.9. The third-order valence-corrected chi connectivity index (χ3v) is 3.35. The molecule has 0 saturated carbocycles. The molecule has 2 aromatic rings. The van der Waals surface area contributed by atoms with E-state index >= 15 is 0 Å². The molecule has 0 aromatic carbocycles. The highest BCUT2D eigenvalue weighted by Crippen LogP contribution is 2.29. The number of furan rings is 1. The Labute approximate surface area is 108 Å². The number of hydrogen-bond acceptors (Lipinski definition) is 4. The van der Waals surface area contributed by atoms with Gasteiger partial charge in [0.15, 0.2) is 0 Å². The minimum Gasteiger partial charge on any atom is -0.466 e. The second-order valence-electron chi connectivity index (χ2n) is 3.77. The highest BCUT2D eigenvalue weighted by Gasteiger charge is 2.22. The van der Waals surface area contributed by atoms with Crippen LogP contribution in [-0.4, -0.2) is 9.78 Å². The second-order valence-corrected chi connectivity index (χ2v) is 4.62. The van der Waals surface area contributed by atoms with Crippen LogP contribution in [0, 0.1) is 0 Å². The van der Waals surface area contributed by atoms with Crippen molar-refractivity contribution in [2.24, 2.45) is 12.9 Å². The maximum atomic E-state index is 5.61. The number of aryl methyl sites for hydroxylation is 2. The summed E-state index contributed by atoms with van der Waals surface area (Å²) in [6.07, 6.45) is 2.52. The summed E-state index contributed by atoms with van der Waals surface area (Å²) >= 11 is 3.43. The summed E-state index contributed by atoms with van der Waals surface area (Å²) in [5.74, 6) is 6.36. The van der Waals surface area contributed by atoms with Crippen LogP contribution < -0.4 is 11.3 Å². The summed E-state index contributed by atoms with van der Waals surface area (Å²) in [4.78, 5) is 0. The number of halogens is 1. The topological polar surface area (TPSA) is 69.0 Å². The van der Waals surface area contributed by atoms with E-state index in [4.69, 9.17) is 10.3 Å². The highest BCUT2D eigenvalue weighted by molar-refractivity contribution is 9.10. The van der Waals surface area contributed by atoms with Crippen molar-refractivity contribution in [3.05, 3.63) is 40.0 Å². The fraction of sp³-hybridized carbons (Fsp3) is 0.364. The van der Waals surface area contributed by atoms with Crippen molar-refractivity contribution in [3.63, 3.8) is 0 Å². The molecule has 0 aliphatic carbocycles. The van der Waals surface area contributed by atoms with E-state index in [1.54, 1.807) is 6.26 Å². The zero-order valence-electron chi connectivity index (χ0n) is 9.77. The third kappa shape index (κ3) is 2.29. The molecule has 0 fully saturated rings. The molecule has 0 amide bonds. The Kier molecular flexibility index (Phi) is 3.66. The van der Waals surface area contributed by atoms with Gasteiger partial charge >= 0.3 is 0 Å². The van der Waals surface area contributed by atoms with Crippen molar-refractivity contribution in [1.82, 2.24) is 15.2 Å². The Morgan fingerprint density at radius 2 is 2.41 bits per heavy atom. The summed E-state index contributed by atoms with van der Waals surface area (Å²) in [6.45, 7) is 2.07. The molecule has 0 bridgehead atoms. The number of hydrazine groups is 1. The summed E-state index contributed by atoms with van der Waals surface area (Å²) in [7, 11) is 1.90. The first-order chi connectivity index (χ1) is 8.17. The van der Waals surface area contributed by atoms with Crippen molar-refractivity contribution in [3.8, 4) is 0 Å². The van der Waals surface area contributed by atoms with E-state index in [-0.39, 0.29) is 6.04 Å². The number of nitrogens with zero attached hydrogens (tertiary/aromatic N) is 2. The van der Waals surface area contributed by atoms with E-state index in [1.165, 1.54) is 0 Å². The molecule has 0 radical (unpaired) electrons. The maximum Gasteiger partial charge on any atom is 0.142 e. The molecule has 6 heteroatoms. The Bertz CT molecular complexity index is 505. The van der Waals surface area contributed by atoms with Gasteiger partial charge in [-0.25, -0.2) is 5.43 Å². The molecule has 3 N–H and O–H groups in total. The van der Waals surface area contributed by atoms with Crippen molar-refractivity contribution in [1.29, 1.82) is 0 Å². The summed E-state index contributed by atoms with van der Waals surface area (Å²) in [5.41, 5.74) is 4.76. The molecule has 92 valence electrons. The minimum absolute atomic E-state index is 0.211. The average Bonchev–Trinajstić information content (AvgIpc) is 2.88. The van der Waals surface area contributed by atoms with Crippen molar-refractivity contribution in [2.75, 3.05) is 0 Å². The first kappa shape index (κ1) is 12.3. The number of nitrogens with two attached hydrogens (primary N) is 1. The molecular formula is C11H15BrN4O. The van der Waals surface area contributed by atoms with Crippen molar-refractivity contribution >= 4 is 15.9 Å². The summed E-state index contributed by atoms with van der Waals surface area (Å²) < 4.78 is 8.15. The molecule has 0 aliphatic rings. The van der Waals surface area contributed by atoms with Crippen LogP contribution in [0.1, 0.15) is 30.1 Å². The third-order valence-electron chi connectivity index (χ3n) is 2.70. The van der Waals surface area contributed by atoms with Crippen LogP contribution in [0.25, 0.3) is 0 Å². The first-order valence-electron chi connectivity index (χ1n) is 5.39. The van der Waals surface area contributed by atoms with Crippen LogP contribution in [-0.2, 0) is 13.5 Å². The quantitative estimate of drug-likeness (QED) is 0.668. The van der Waals surface area contributed by atoms with E-state index in [2.05, 4.69) is 33.4 Å². The molecule has 2 aromatic heterocycles. The number of aromatic nitrogens is 2. The lowest BCUT2D eigenvalue weighted by molar-refractivity contribution is 0.435. The molecule has 2 rings (SSSR count). The van der Waals surface area contributed by atoms with Crippen molar-refractivity contribution < 1.29 is 4.42 Å². The Balaban J connectivity index is 2.42. The van der Waals surface area contributed by atoms with Crippen LogP contribution >= 0.6 is 15.9 Å². The Hall–Kier alpha value is -1.11. The molecule has 2 heterocycles. The number of rotatable bonds is 4. The summed E-state index contributed by atoms with van der Waals surface area (Å²) in [5, 5.41) is 4.40. The maximum absolute atomic E-state index is 5.61. The van der Waals surface area contributed by atoms with E-state index < -0.39 is 0 Å². The lowest BCUT2D eigenvalue weighted by Gasteiger charge is -2.14. The fourth-order valence-electron chi connectivity index (χ4n) is 1.79. The molecule has 0 saturated heterocycles. The van der Waals surface area contributed by atoms with Gasteiger partial charge in [0.2, 0.25) is 0 Å². The average molecular weight is 299 g/mol. The fourth-order valence-corrected chi connectivity index (χ4v) is 2.22. The standard InChI is InChI=1S/C11H15BrN4O/c1-3-7-6-9(16(2)15-7)10(14-13)11-8(12)4-5-17-11/h4-6,10,14H,3,13H2,1-2H3. The predicted molar refractivity (Wildman–Crippen MR) is 68.2 cm³/mol. The van der Waals surface area contributed by atoms with Crippen LogP contribution in [0.4, 0.5) is 0 Å². The predicted octanol–water partition coefficient (Wildman–Crippen LogP) is 1.89. The van der Waals surface area contributed by atoms with Gasteiger partial charge in [0, 0.05) is 7.05 Å². The SMILES string of the molecule is CCc1cc(C(NN)c2occc2Br)n(C)n1. The number of hydrogen-bond donors (Lipinski definition) is 2. The van der Waals surface area contributed by atoms with E-state index in [9.17, 15) is 0 Å². The van der Waals surface area contributed by atoms with E-state index in [0.717, 1.165) is 28.0 Å². The van der Waals surface area contributed by atoms with E-state index in [0.29, 0.717) is 0 Å². The largest absolute Gasteiger partial charge is 0.466 e. The van der Waals surface area contributed by atoms with Gasteiger partial charge in [-0.05, 0) is 34.5 Å². The summed E-state index contributed by atoms with van der Waals surface area (Å²) in [6, 6.07) is 3.66. The molecule has 5 nitrogen and oxygen atoms in total. The zero-order chi connectivity index (χ0) is 12.4. The molecule has 1 atom stereocenters. The number of nitrogens with one attached hydrogen (secondary N) is 1. The Morgan fingerprint density at radius 1 is 1.65 bits per heavy atom. The van der Waals surface area contributed by atoms with Gasteiger partial charge in [0.1, 0.15) is 11.8 Å². The smallest absolute Gasteiger partial charge is 0.142 e. The molecular weight excluding hydrogens is 284 g/mol. The van der Waals surface area contributed by atoms with Crippen LogP contribution in [0.5, 0.6) is 0 Å². The van der Waals surface area contributed by atoms with Crippen molar-refractivity contribution in [2.45, 2.75) is 19.4 Å². The van der Waals surface area contributed by atoms with Gasteiger partial charge in [-0.3, -0.25) is 10.5 Å². The molecule has 0 spiro atoms. The second kappa shape index (κ2) is 5.03. The first-order valence-corrected chi connectivity index (χ1v) is 6.18. The lowest BCUT2D eigenvalue weighted by atomic mass is 10.1.